The van der Waals surface area contributed by atoms with E-state index in [2.05, 4.69) is 10.6 Å². The second-order valence-corrected chi connectivity index (χ2v) is 6.24. The maximum absolute atomic E-state index is 12.1. The van der Waals surface area contributed by atoms with Gasteiger partial charge in [0.1, 0.15) is 18.1 Å². The molecule has 0 saturated carbocycles. The predicted octanol–water partition coefficient (Wildman–Crippen LogP) is 4.37. The SMILES string of the molecule is COc1ccc(OCCNc2ccc(NC(=O)Cc3ccccc3)cc2)cc1. The lowest BCUT2D eigenvalue weighted by Gasteiger charge is -2.10. The van der Waals surface area contributed by atoms with Crippen LogP contribution in [-0.4, -0.2) is 26.2 Å². The summed E-state index contributed by atoms with van der Waals surface area (Å²) < 4.78 is 10.8. The van der Waals surface area contributed by atoms with Crippen LogP contribution in [0.15, 0.2) is 78.9 Å². The maximum atomic E-state index is 12.1. The Balaban J connectivity index is 1.39. The normalized spacial score (nSPS) is 10.2. The lowest BCUT2D eigenvalue weighted by Crippen LogP contribution is -2.14. The average molecular weight is 376 g/mol. The fourth-order valence-corrected chi connectivity index (χ4v) is 2.69. The summed E-state index contributed by atoms with van der Waals surface area (Å²) in [6.45, 7) is 1.22. The third kappa shape index (κ3) is 6.06. The standard InChI is InChI=1S/C23H24N2O3/c1-27-21-11-13-22(14-12-21)28-16-15-24-19-7-9-20(10-8-19)25-23(26)17-18-5-3-2-4-6-18/h2-14,24H,15-17H2,1H3,(H,25,26). The van der Waals surface area contributed by atoms with Crippen molar-refractivity contribution < 1.29 is 14.3 Å². The van der Waals surface area contributed by atoms with Crippen LogP contribution in [0.5, 0.6) is 11.5 Å². The minimum Gasteiger partial charge on any atom is -0.497 e. The molecule has 144 valence electrons. The van der Waals surface area contributed by atoms with E-state index in [1.54, 1.807) is 7.11 Å². The van der Waals surface area contributed by atoms with Crippen LogP contribution in [-0.2, 0) is 11.2 Å². The van der Waals surface area contributed by atoms with Crippen LogP contribution < -0.4 is 20.1 Å². The van der Waals surface area contributed by atoms with Crippen LogP contribution in [0.2, 0.25) is 0 Å². The van der Waals surface area contributed by atoms with Crippen LogP contribution in [0.4, 0.5) is 11.4 Å². The number of methoxy groups -OCH3 is 1. The van der Waals surface area contributed by atoms with Crippen molar-refractivity contribution in [2.45, 2.75) is 6.42 Å². The number of rotatable bonds is 9. The predicted molar refractivity (Wildman–Crippen MR) is 112 cm³/mol. The molecule has 3 rings (SSSR count). The number of hydrogen-bond donors (Lipinski definition) is 2. The second-order valence-electron chi connectivity index (χ2n) is 6.24. The molecule has 5 heteroatoms. The summed E-state index contributed by atoms with van der Waals surface area (Å²) >= 11 is 0. The van der Waals surface area contributed by atoms with Crippen LogP contribution in [0, 0.1) is 0 Å². The highest BCUT2D eigenvalue weighted by atomic mass is 16.5. The van der Waals surface area contributed by atoms with Gasteiger partial charge in [-0.25, -0.2) is 0 Å². The second kappa shape index (κ2) is 10.0. The number of anilines is 2. The Morgan fingerprint density at radius 3 is 2.14 bits per heavy atom. The van der Waals surface area contributed by atoms with Crippen LogP contribution in [0.1, 0.15) is 5.56 Å². The summed E-state index contributed by atoms with van der Waals surface area (Å²) in [5, 5.41) is 6.21. The highest BCUT2D eigenvalue weighted by molar-refractivity contribution is 5.92. The van der Waals surface area contributed by atoms with Gasteiger partial charge in [-0.1, -0.05) is 30.3 Å². The third-order valence-electron chi connectivity index (χ3n) is 4.14. The molecule has 0 atom stereocenters. The Bertz CT molecular complexity index is 863. The number of ether oxygens (including phenoxy) is 2. The molecule has 2 N–H and O–H groups in total. The van der Waals surface area contributed by atoms with Gasteiger partial charge in [0.05, 0.1) is 13.5 Å². The van der Waals surface area contributed by atoms with Gasteiger partial charge in [0, 0.05) is 17.9 Å². The van der Waals surface area contributed by atoms with E-state index < -0.39 is 0 Å². The Morgan fingerprint density at radius 1 is 0.821 bits per heavy atom. The number of carbonyl (C=O) groups excluding carboxylic acids is 1. The fraction of sp³-hybridized carbons (Fsp3) is 0.174. The number of amides is 1. The first-order valence-electron chi connectivity index (χ1n) is 9.17. The Labute approximate surface area is 165 Å². The van der Waals surface area contributed by atoms with E-state index in [1.165, 1.54) is 0 Å². The van der Waals surface area contributed by atoms with Crippen molar-refractivity contribution >= 4 is 17.3 Å². The maximum Gasteiger partial charge on any atom is 0.228 e. The molecule has 3 aromatic rings. The number of carbonyl (C=O) groups is 1. The molecular weight excluding hydrogens is 352 g/mol. The van der Waals surface area contributed by atoms with E-state index in [1.807, 2.05) is 78.9 Å². The van der Waals surface area contributed by atoms with E-state index in [0.717, 1.165) is 28.4 Å². The van der Waals surface area contributed by atoms with Gasteiger partial charge in [-0.15, -0.1) is 0 Å². The lowest BCUT2D eigenvalue weighted by atomic mass is 10.1. The van der Waals surface area contributed by atoms with E-state index in [9.17, 15) is 4.79 Å². The van der Waals surface area contributed by atoms with Crippen molar-refractivity contribution in [3.8, 4) is 11.5 Å². The van der Waals surface area contributed by atoms with E-state index in [4.69, 9.17) is 9.47 Å². The van der Waals surface area contributed by atoms with Gasteiger partial charge in [0.2, 0.25) is 5.91 Å². The molecule has 0 aliphatic rings. The summed E-state index contributed by atoms with van der Waals surface area (Å²) in [5.74, 6) is 1.58. The van der Waals surface area contributed by atoms with Crippen molar-refractivity contribution in [1.29, 1.82) is 0 Å². The fourth-order valence-electron chi connectivity index (χ4n) is 2.69. The number of hydrogen-bond acceptors (Lipinski definition) is 4. The van der Waals surface area contributed by atoms with Gasteiger partial charge in [-0.3, -0.25) is 4.79 Å². The van der Waals surface area contributed by atoms with E-state index in [0.29, 0.717) is 19.6 Å². The third-order valence-corrected chi connectivity index (χ3v) is 4.14. The largest absolute Gasteiger partial charge is 0.497 e. The summed E-state index contributed by atoms with van der Waals surface area (Å²) in [6, 6.07) is 24.8. The molecule has 1 amide bonds. The molecule has 0 spiro atoms. The molecule has 0 radical (unpaired) electrons. The molecule has 5 nitrogen and oxygen atoms in total. The first-order chi connectivity index (χ1) is 13.7. The summed E-state index contributed by atoms with van der Waals surface area (Å²) in [4.78, 5) is 12.1. The molecular formula is C23H24N2O3. The topological polar surface area (TPSA) is 59.6 Å². The number of benzene rings is 3. The van der Waals surface area contributed by atoms with Crippen LogP contribution >= 0.6 is 0 Å². The highest BCUT2D eigenvalue weighted by Gasteiger charge is 2.04. The van der Waals surface area contributed by atoms with Gasteiger partial charge in [-0.2, -0.15) is 0 Å². The molecule has 0 fully saturated rings. The zero-order valence-corrected chi connectivity index (χ0v) is 15.9. The minimum atomic E-state index is -0.0280. The van der Waals surface area contributed by atoms with Crippen molar-refractivity contribution in [3.05, 3.63) is 84.4 Å². The highest BCUT2D eigenvalue weighted by Crippen LogP contribution is 2.17. The Morgan fingerprint density at radius 2 is 1.46 bits per heavy atom. The molecule has 0 heterocycles. The van der Waals surface area contributed by atoms with Crippen molar-refractivity contribution in [3.63, 3.8) is 0 Å². The molecule has 0 aromatic heterocycles. The van der Waals surface area contributed by atoms with Crippen molar-refractivity contribution in [2.24, 2.45) is 0 Å². The lowest BCUT2D eigenvalue weighted by molar-refractivity contribution is -0.115. The van der Waals surface area contributed by atoms with Gasteiger partial charge in [0.25, 0.3) is 0 Å². The summed E-state index contributed by atoms with van der Waals surface area (Å²) in [5.41, 5.74) is 2.75. The smallest absolute Gasteiger partial charge is 0.228 e. The minimum absolute atomic E-state index is 0.0280. The summed E-state index contributed by atoms with van der Waals surface area (Å²) in [6.07, 6.45) is 0.365. The molecule has 0 aliphatic heterocycles. The zero-order chi connectivity index (χ0) is 19.6. The quantitative estimate of drug-likeness (QED) is 0.545. The van der Waals surface area contributed by atoms with Gasteiger partial charge < -0.3 is 20.1 Å². The van der Waals surface area contributed by atoms with Crippen molar-refractivity contribution in [1.82, 2.24) is 0 Å². The Hall–Kier alpha value is -3.47. The monoisotopic (exact) mass is 376 g/mol. The number of nitrogens with one attached hydrogen (secondary N) is 2. The molecule has 0 unspecified atom stereocenters. The van der Waals surface area contributed by atoms with Gasteiger partial charge in [-0.05, 0) is 54.1 Å². The zero-order valence-electron chi connectivity index (χ0n) is 15.9. The molecule has 0 aliphatic carbocycles. The van der Waals surface area contributed by atoms with Gasteiger partial charge >= 0.3 is 0 Å². The van der Waals surface area contributed by atoms with Crippen molar-refractivity contribution in [2.75, 3.05) is 30.9 Å². The van der Waals surface area contributed by atoms with E-state index >= 15 is 0 Å². The molecule has 28 heavy (non-hydrogen) atoms. The van der Waals surface area contributed by atoms with Crippen LogP contribution in [0.3, 0.4) is 0 Å². The summed E-state index contributed by atoms with van der Waals surface area (Å²) in [7, 11) is 1.64. The average Bonchev–Trinajstić information content (AvgIpc) is 2.73. The molecule has 3 aromatic carbocycles. The van der Waals surface area contributed by atoms with Crippen LogP contribution in [0.25, 0.3) is 0 Å². The first-order valence-corrected chi connectivity index (χ1v) is 9.17. The molecule has 0 saturated heterocycles. The van der Waals surface area contributed by atoms with Gasteiger partial charge in [0.15, 0.2) is 0 Å². The molecule has 0 bridgehead atoms. The first kappa shape index (κ1) is 19.3. The Kier molecular flexibility index (Phi) is 6.90. The van der Waals surface area contributed by atoms with E-state index in [-0.39, 0.29) is 5.91 Å².